The molecule has 0 radical (unpaired) electrons. The van der Waals surface area contributed by atoms with Crippen molar-refractivity contribution in [1.82, 2.24) is 19.0 Å². The smallest absolute Gasteiger partial charge is 0.322 e. The number of likely N-dealkylation sites (tertiary alicyclic amines) is 1. The van der Waals surface area contributed by atoms with Crippen molar-refractivity contribution >= 4 is 16.1 Å². The second kappa shape index (κ2) is 10.6. The van der Waals surface area contributed by atoms with Gasteiger partial charge in [0.25, 0.3) is 0 Å². The van der Waals surface area contributed by atoms with Gasteiger partial charge in [-0.15, -0.1) is 0 Å². The van der Waals surface area contributed by atoms with Gasteiger partial charge in [-0.2, -0.15) is 17.5 Å². The molecule has 2 atom stereocenters. The van der Waals surface area contributed by atoms with Gasteiger partial charge in [-0.1, -0.05) is 36.4 Å². The molecule has 2 fully saturated rings. The lowest BCUT2D eigenvalue weighted by Crippen LogP contribution is -2.53. The number of nitrogens with zero attached hydrogens (tertiary/aromatic N) is 4. The van der Waals surface area contributed by atoms with Gasteiger partial charge in [0.05, 0.1) is 11.8 Å². The molecule has 2 amide bonds. The number of carbonyl (C=O) groups is 1. The minimum atomic E-state index is -4.79. The monoisotopic (exact) mass is 542 g/mol. The van der Waals surface area contributed by atoms with Crippen molar-refractivity contribution in [1.29, 1.82) is 0 Å². The molecular formula is C25H30F4N4O3S. The first kappa shape index (κ1) is 27.3. The molecule has 2 aliphatic heterocycles. The second-order valence-electron chi connectivity index (χ2n) is 9.65. The zero-order valence-corrected chi connectivity index (χ0v) is 21.5. The third kappa shape index (κ3) is 6.24. The largest absolute Gasteiger partial charge is 0.419 e. The maximum atomic E-state index is 13.8. The fourth-order valence-electron chi connectivity index (χ4n) is 5.12. The number of sulfonamides is 1. The van der Waals surface area contributed by atoms with Gasteiger partial charge in [-0.05, 0) is 30.3 Å². The Bertz CT molecular complexity index is 1220. The van der Waals surface area contributed by atoms with E-state index in [2.05, 4.69) is 0 Å². The van der Waals surface area contributed by atoms with Gasteiger partial charge < -0.3 is 9.80 Å². The third-order valence-electron chi connectivity index (χ3n) is 7.10. The number of piperazine rings is 1. The molecule has 0 N–H and O–H groups in total. The van der Waals surface area contributed by atoms with E-state index in [1.165, 1.54) is 10.4 Å². The Balaban J connectivity index is 1.51. The molecule has 2 aromatic rings. The van der Waals surface area contributed by atoms with Crippen molar-refractivity contribution in [2.24, 2.45) is 0 Å². The van der Waals surface area contributed by atoms with E-state index in [4.69, 9.17) is 0 Å². The summed E-state index contributed by atoms with van der Waals surface area (Å²) in [6.07, 6.45) is -3.64. The number of hydrogen-bond donors (Lipinski definition) is 0. The Hall–Kier alpha value is -2.70. The fraction of sp³-hybridized carbons (Fsp3) is 0.480. The number of halogens is 4. The van der Waals surface area contributed by atoms with E-state index in [9.17, 15) is 30.8 Å². The van der Waals surface area contributed by atoms with Gasteiger partial charge >= 0.3 is 12.2 Å². The van der Waals surface area contributed by atoms with Crippen molar-refractivity contribution < 1.29 is 30.8 Å². The number of likely N-dealkylation sites (N-methyl/N-ethyl adjacent to an activating group) is 1. The maximum absolute atomic E-state index is 13.8. The van der Waals surface area contributed by atoms with E-state index < -0.39 is 27.6 Å². The van der Waals surface area contributed by atoms with Crippen LogP contribution >= 0.6 is 0 Å². The lowest BCUT2D eigenvalue weighted by Gasteiger charge is -2.35. The maximum Gasteiger partial charge on any atom is 0.419 e. The average Bonchev–Trinajstić information content (AvgIpc) is 3.30. The fourth-order valence-corrected chi connectivity index (χ4v) is 5.95. The van der Waals surface area contributed by atoms with Gasteiger partial charge in [-0.25, -0.2) is 17.6 Å². The lowest BCUT2D eigenvalue weighted by atomic mass is 9.93. The van der Waals surface area contributed by atoms with Crippen LogP contribution in [-0.2, 0) is 22.7 Å². The highest BCUT2D eigenvalue weighted by Crippen LogP contribution is 2.34. The summed E-state index contributed by atoms with van der Waals surface area (Å²) in [7, 11) is -1.53. The van der Waals surface area contributed by atoms with Crippen LogP contribution in [-0.4, -0.2) is 92.1 Å². The van der Waals surface area contributed by atoms with Crippen LogP contribution in [0.3, 0.4) is 0 Å². The molecule has 0 spiro atoms. The molecule has 2 heterocycles. The molecule has 7 nitrogen and oxygen atoms in total. The highest BCUT2D eigenvalue weighted by atomic mass is 32.2. The Morgan fingerprint density at radius 2 is 1.65 bits per heavy atom. The summed E-state index contributed by atoms with van der Waals surface area (Å²) in [6, 6.07) is 12.2. The summed E-state index contributed by atoms with van der Waals surface area (Å²) in [4.78, 5) is 18.6. The topological polar surface area (TPSA) is 64.2 Å². The molecule has 0 saturated carbocycles. The highest BCUT2D eigenvalue weighted by Gasteiger charge is 2.41. The molecule has 2 unspecified atom stereocenters. The van der Waals surface area contributed by atoms with Crippen LogP contribution in [0.25, 0.3) is 0 Å². The van der Waals surface area contributed by atoms with Gasteiger partial charge in [0, 0.05) is 57.8 Å². The van der Waals surface area contributed by atoms with E-state index in [1.54, 1.807) is 16.8 Å². The Labute approximate surface area is 214 Å². The minimum absolute atomic E-state index is 0.0880. The van der Waals surface area contributed by atoms with Crippen LogP contribution in [0, 0.1) is 5.82 Å². The van der Waals surface area contributed by atoms with Gasteiger partial charge in [0.2, 0.25) is 10.0 Å². The third-order valence-corrected chi connectivity index (χ3v) is 8.40. The first-order valence-corrected chi connectivity index (χ1v) is 13.8. The van der Waals surface area contributed by atoms with E-state index in [-0.39, 0.29) is 50.7 Å². The molecule has 0 aromatic heterocycles. The SMILES string of the molecule is CN(Cc1ccc(F)c(C(F)(F)F)c1)C1CN(C(=O)N2CCN(S(C)(=O)=O)CC2)CC1c1ccccc1. The molecule has 0 aliphatic carbocycles. The van der Waals surface area contributed by atoms with E-state index in [1.807, 2.05) is 35.2 Å². The molecule has 0 bridgehead atoms. The quantitative estimate of drug-likeness (QED) is 0.544. The van der Waals surface area contributed by atoms with Crippen molar-refractivity contribution in [3.05, 3.63) is 71.0 Å². The van der Waals surface area contributed by atoms with Crippen molar-refractivity contribution in [2.45, 2.75) is 24.7 Å². The first-order chi connectivity index (χ1) is 17.3. The average molecular weight is 543 g/mol. The van der Waals surface area contributed by atoms with Crippen LogP contribution in [0.15, 0.2) is 48.5 Å². The lowest BCUT2D eigenvalue weighted by molar-refractivity contribution is -0.140. The van der Waals surface area contributed by atoms with E-state index in [0.717, 1.165) is 24.0 Å². The normalized spacial score (nSPS) is 21.6. The van der Waals surface area contributed by atoms with Crippen molar-refractivity contribution in [2.75, 3.05) is 52.6 Å². The van der Waals surface area contributed by atoms with Crippen LogP contribution in [0.1, 0.15) is 22.6 Å². The van der Waals surface area contributed by atoms with Crippen molar-refractivity contribution in [3.8, 4) is 0 Å². The predicted molar refractivity (Wildman–Crippen MR) is 131 cm³/mol. The van der Waals surface area contributed by atoms with Crippen LogP contribution < -0.4 is 0 Å². The minimum Gasteiger partial charge on any atom is -0.322 e. The van der Waals surface area contributed by atoms with Gasteiger partial charge in [0.15, 0.2) is 0 Å². The summed E-state index contributed by atoms with van der Waals surface area (Å²) in [5.74, 6) is -1.40. The number of hydrogen-bond acceptors (Lipinski definition) is 4. The van der Waals surface area contributed by atoms with E-state index >= 15 is 0 Å². The zero-order chi connectivity index (χ0) is 27.0. The number of carbonyl (C=O) groups excluding carboxylic acids is 1. The Morgan fingerprint density at radius 3 is 2.24 bits per heavy atom. The zero-order valence-electron chi connectivity index (χ0n) is 20.7. The standard InChI is InChI=1S/C25H30F4N4O3S/c1-30(15-18-8-9-22(26)21(14-18)25(27,28)29)23-17-32(16-20(23)19-6-4-3-5-7-19)24(34)31-10-12-33(13-11-31)37(2,35)36/h3-9,14,20,23H,10-13,15-17H2,1-2H3. The molecule has 37 heavy (non-hydrogen) atoms. The molecule has 2 aromatic carbocycles. The number of rotatable bonds is 5. The number of urea groups is 1. The molecule has 202 valence electrons. The highest BCUT2D eigenvalue weighted by molar-refractivity contribution is 7.88. The molecule has 4 rings (SSSR count). The molecular weight excluding hydrogens is 512 g/mol. The summed E-state index contributed by atoms with van der Waals surface area (Å²) in [5.41, 5.74) is 0.0332. The van der Waals surface area contributed by atoms with Crippen LogP contribution in [0.2, 0.25) is 0 Å². The predicted octanol–water partition coefficient (Wildman–Crippen LogP) is 3.44. The van der Waals surface area contributed by atoms with Gasteiger partial charge in [0.1, 0.15) is 5.82 Å². The van der Waals surface area contributed by atoms with Gasteiger partial charge in [-0.3, -0.25) is 4.90 Å². The first-order valence-electron chi connectivity index (χ1n) is 11.9. The number of benzene rings is 2. The molecule has 2 aliphatic rings. The summed E-state index contributed by atoms with van der Waals surface area (Å²) in [5, 5.41) is 0. The second-order valence-corrected chi connectivity index (χ2v) is 11.6. The van der Waals surface area contributed by atoms with Crippen LogP contribution in [0.5, 0.6) is 0 Å². The Kier molecular flexibility index (Phi) is 7.82. The van der Waals surface area contributed by atoms with Crippen molar-refractivity contribution in [3.63, 3.8) is 0 Å². The number of alkyl halides is 3. The summed E-state index contributed by atoms with van der Waals surface area (Å²) in [6.45, 7) is 1.96. The Morgan fingerprint density at radius 1 is 1.00 bits per heavy atom. The molecule has 12 heteroatoms. The summed E-state index contributed by atoms with van der Waals surface area (Å²) >= 11 is 0. The number of amides is 2. The van der Waals surface area contributed by atoms with E-state index in [0.29, 0.717) is 18.7 Å². The van der Waals surface area contributed by atoms with Crippen LogP contribution in [0.4, 0.5) is 22.4 Å². The molecule has 2 saturated heterocycles. The summed E-state index contributed by atoms with van der Waals surface area (Å²) < 4.78 is 78.4.